The van der Waals surface area contributed by atoms with Crippen LogP contribution in [0.15, 0.2) is 39.5 Å². The molecule has 0 aliphatic rings. The number of phenols is 4. The van der Waals surface area contributed by atoms with Crippen molar-refractivity contribution in [2.24, 2.45) is 5.73 Å². The summed E-state index contributed by atoms with van der Waals surface area (Å²) in [6, 6.07) is 4.91. The first-order valence-corrected chi connectivity index (χ1v) is 7.75. The van der Waals surface area contributed by atoms with Crippen molar-refractivity contribution in [1.29, 1.82) is 0 Å². The third-order valence-electron chi connectivity index (χ3n) is 3.56. The van der Waals surface area contributed by atoms with Crippen LogP contribution in [0.25, 0.3) is 22.3 Å². The van der Waals surface area contributed by atoms with Crippen molar-refractivity contribution in [3.05, 3.63) is 40.6 Å². The van der Waals surface area contributed by atoms with Gasteiger partial charge in [0.15, 0.2) is 17.3 Å². The lowest BCUT2D eigenvalue weighted by Gasteiger charge is -2.08. The number of carboxylic acid groups (broad SMARTS) is 1. The first kappa shape index (κ1) is 20.4. The highest BCUT2D eigenvalue weighted by Gasteiger charge is 2.19. The zero-order chi connectivity index (χ0) is 21.2. The average Bonchev–Trinajstić information content (AvgIpc) is 2.60. The number of aliphatic carboxylic acids is 1. The number of carbonyl (C=O) groups is 1. The number of phenolic OH excluding ortho intramolecular Hbond substituents is 4. The minimum atomic E-state index is -0.963. The van der Waals surface area contributed by atoms with Crippen LogP contribution in [-0.2, 0) is 4.79 Å². The number of benzene rings is 2. The molecule has 0 bridgehead atoms. The van der Waals surface area contributed by atoms with Crippen molar-refractivity contribution < 1.29 is 39.9 Å². The van der Waals surface area contributed by atoms with Gasteiger partial charge in [-0.1, -0.05) is 0 Å². The standard InChI is InChI=1S/C15H10O7.C3H7NO2/c16-7-4-10(19)12-11(5-7)22-15(14(21)13(12)20)6-1-2-8(17)9(18)3-6;1-2(4)3(5)6/h1-5,16-19,21H;2H,4H2,1H3,(H,5,6)/t;2-/m.0/s1. The fraction of sp³-hybridized carbons (Fsp3) is 0.111. The smallest absolute Gasteiger partial charge is 0.320 e. The summed E-state index contributed by atoms with van der Waals surface area (Å²) in [5.41, 5.74) is 3.95. The zero-order valence-corrected chi connectivity index (χ0v) is 14.4. The van der Waals surface area contributed by atoms with Crippen LogP contribution in [0.5, 0.6) is 28.7 Å². The molecular weight excluding hydrogens is 374 g/mol. The van der Waals surface area contributed by atoms with Gasteiger partial charge in [-0.05, 0) is 25.1 Å². The summed E-state index contributed by atoms with van der Waals surface area (Å²) in [4.78, 5) is 21.7. The molecule has 1 heterocycles. The molecule has 2 aromatic carbocycles. The maximum Gasteiger partial charge on any atom is 0.320 e. The van der Waals surface area contributed by atoms with Crippen molar-refractivity contribution in [1.82, 2.24) is 0 Å². The third kappa shape index (κ3) is 4.07. The molecule has 3 aromatic rings. The van der Waals surface area contributed by atoms with E-state index in [4.69, 9.17) is 15.3 Å². The van der Waals surface area contributed by atoms with Crippen LogP contribution in [0, 0.1) is 0 Å². The number of hydrogen-bond acceptors (Lipinski definition) is 9. The Morgan fingerprint density at radius 1 is 1.00 bits per heavy atom. The largest absolute Gasteiger partial charge is 0.508 e. The van der Waals surface area contributed by atoms with Gasteiger partial charge in [0, 0.05) is 17.7 Å². The Hall–Kier alpha value is -3.92. The summed E-state index contributed by atoms with van der Waals surface area (Å²) in [5.74, 6) is -3.68. The molecule has 0 amide bonds. The van der Waals surface area contributed by atoms with Gasteiger partial charge in [-0.15, -0.1) is 0 Å². The van der Waals surface area contributed by atoms with Crippen molar-refractivity contribution in [2.45, 2.75) is 13.0 Å². The van der Waals surface area contributed by atoms with E-state index < -0.39 is 34.7 Å². The lowest BCUT2D eigenvalue weighted by molar-refractivity contribution is -0.138. The predicted octanol–water partition coefficient (Wildman–Crippen LogP) is 1.41. The fourth-order valence-corrected chi connectivity index (χ4v) is 2.14. The molecule has 0 saturated carbocycles. The van der Waals surface area contributed by atoms with Crippen molar-refractivity contribution >= 4 is 16.9 Å². The number of aromatic hydroxyl groups is 5. The highest BCUT2D eigenvalue weighted by molar-refractivity contribution is 5.88. The quantitative estimate of drug-likeness (QED) is 0.314. The molecule has 3 rings (SSSR count). The molecule has 10 heteroatoms. The van der Waals surface area contributed by atoms with Gasteiger partial charge in [0.25, 0.3) is 0 Å². The molecule has 0 aliphatic carbocycles. The number of rotatable bonds is 2. The van der Waals surface area contributed by atoms with E-state index in [0.717, 1.165) is 24.3 Å². The van der Waals surface area contributed by atoms with E-state index in [-0.39, 0.29) is 33.8 Å². The van der Waals surface area contributed by atoms with E-state index in [1.165, 1.54) is 13.0 Å². The molecule has 148 valence electrons. The first-order chi connectivity index (χ1) is 13.0. The zero-order valence-electron chi connectivity index (χ0n) is 14.4. The van der Waals surface area contributed by atoms with Crippen molar-refractivity contribution in [3.8, 4) is 40.1 Å². The number of nitrogens with two attached hydrogens (primary N) is 1. The second-order valence-corrected chi connectivity index (χ2v) is 5.78. The average molecular weight is 391 g/mol. The first-order valence-electron chi connectivity index (χ1n) is 7.75. The summed E-state index contributed by atoms with van der Waals surface area (Å²) < 4.78 is 5.35. The second-order valence-electron chi connectivity index (χ2n) is 5.78. The Labute approximate surface area is 157 Å². The van der Waals surface area contributed by atoms with E-state index in [1.54, 1.807) is 0 Å². The van der Waals surface area contributed by atoms with Crippen LogP contribution in [0.1, 0.15) is 6.92 Å². The van der Waals surface area contributed by atoms with Crippen LogP contribution >= 0.6 is 0 Å². The Kier molecular flexibility index (Phi) is 5.65. The van der Waals surface area contributed by atoms with E-state index in [0.29, 0.717) is 0 Å². The van der Waals surface area contributed by atoms with Crippen LogP contribution < -0.4 is 11.2 Å². The topological polar surface area (TPSA) is 195 Å². The van der Waals surface area contributed by atoms with Crippen LogP contribution in [0.3, 0.4) is 0 Å². The van der Waals surface area contributed by atoms with Gasteiger partial charge in [0.05, 0.1) is 0 Å². The molecule has 0 radical (unpaired) electrons. The Morgan fingerprint density at radius 3 is 2.14 bits per heavy atom. The van der Waals surface area contributed by atoms with Gasteiger partial charge in [-0.3, -0.25) is 9.59 Å². The minimum Gasteiger partial charge on any atom is -0.508 e. The van der Waals surface area contributed by atoms with Gasteiger partial charge in [-0.25, -0.2) is 0 Å². The fourth-order valence-electron chi connectivity index (χ4n) is 2.14. The van der Waals surface area contributed by atoms with Gasteiger partial charge < -0.3 is 40.8 Å². The van der Waals surface area contributed by atoms with Gasteiger partial charge >= 0.3 is 5.97 Å². The molecule has 0 spiro atoms. The monoisotopic (exact) mass is 391 g/mol. The summed E-state index contributed by atoms with van der Waals surface area (Å²) in [6.07, 6.45) is 0. The second kappa shape index (κ2) is 7.76. The third-order valence-corrected chi connectivity index (χ3v) is 3.56. The number of carboxylic acids is 1. The van der Waals surface area contributed by atoms with Gasteiger partial charge in [-0.2, -0.15) is 0 Å². The highest BCUT2D eigenvalue weighted by atomic mass is 16.4. The van der Waals surface area contributed by atoms with Crippen LogP contribution in [0.2, 0.25) is 0 Å². The maximum absolute atomic E-state index is 12.1. The van der Waals surface area contributed by atoms with Crippen molar-refractivity contribution in [3.63, 3.8) is 0 Å². The van der Waals surface area contributed by atoms with Gasteiger partial charge in [0.1, 0.15) is 28.5 Å². The molecule has 1 aromatic heterocycles. The Balaban J connectivity index is 0.000000409. The lowest BCUT2D eigenvalue weighted by Crippen LogP contribution is -2.25. The molecular formula is C18H17NO9. The summed E-state index contributed by atoms with van der Waals surface area (Å²) in [5, 5.41) is 55.5. The molecule has 8 N–H and O–H groups in total. The normalized spacial score (nSPS) is 11.5. The molecule has 0 fully saturated rings. The van der Waals surface area contributed by atoms with Crippen LogP contribution in [0.4, 0.5) is 0 Å². The summed E-state index contributed by atoms with van der Waals surface area (Å²) in [7, 11) is 0. The van der Waals surface area contributed by atoms with E-state index in [2.05, 4.69) is 0 Å². The number of hydrogen-bond donors (Lipinski definition) is 7. The van der Waals surface area contributed by atoms with E-state index in [1.807, 2.05) is 0 Å². The highest BCUT2D eigenvalue weighted by Crippen LogP contribution is 2.37. The Morgan fingerprint density at radius 2 is 1.61 bits per heavy atom. The predicted molar refractivity (Wildman–Crippen MR) is 97.5 cm³/mol. The molecule has 10 nitrogen and oxygen atoms in total. The maximum atomic E-state index is 12.1. The summed E-state index contributed by atoms with van der Waals surface area (Å²) >= 11 is 0. The van der Waals surface area contributed by atoms with Crippen molar-refractivity contribution in [2.75, 3.05) is 0 Å². The number of fused-ring (bicyclic) bond motifs is 1. The molecule has 0 aliphatic heterocycles. The van der Waals surface area contributed by atoms with E-state index in [9.17, 15) is 35.1 Å². The molecule has 28 heavy (non-hydrogen) atoms. The minimum absolute atomic E-state index is 0.134. The lowest BCUT2D eigenvalue weighted by atomic mass is 10.1. The molecule has 0 saturated heterocycles. The van der Waals surface area contributed by atoms with E-state index >= 15 is 0 Å². The molecule has 0 unspecified atom stereocenters. The molecule has 1 atom stereocenters. The summed E-state index contributed by atoms with van der Waals surface area (Å²) in [6.45, 7) is 1.42. The van der Waals surface area contributed by atoms with Crippen LogP contribution in [-0.4, -0.2) is 42.7 Å². The SMILES string of the molecule is C[C@H](N)C(=O)O.O=c1c(O)c(-c2ccc(O)c(O)c2)oc2cc(O)cc(O)c12. The Bertz CT molecular complexity index is 1100. The van der Waals surface area contributed by atoms with Gasteiger partial charge in [0.2, 0.25) is 11.2 Å².